The monoisotopic (exact) mass is 280 g/mol. The van der Waals surface area contributed by atoms with E-state index in [9.17, 15) is 14.0 Å². The van der Waals surface area contributed by atoms with Crippen LogP contribution in [0, 0.1) is 0 Å². The van der Waals surface area contributed by atoms with Gasteiger partial charge >= 0.3 is 7.60 Å². The first-order chi connectivity index (χ1) is 7.73. The Hall–Kier alpha value is -0.480. The Morgan fingerprint density at radius 2 is 1.59 bits per heavy atom. The van der Waals surface area contributed by atoms with Gasteiger partial charge in [-0.25, -0.2) is 0 Å². The molecular formula is C9H14O6P2. The summed E-state index contributed by atoms with van der Waals surface area (Å²) in [6.07, 6.45) is -0.199. The topological polar surface area (TPSA) is 115 Å². The van der Waals surface area contributed by atoms with Crippen LogP contribution in [0.25, 0.3) is 0 Å². The van der Waals surface area contributed by atoms with Gasteiger partial charge in [0.25, 0.3) is 0 Å². The quantitative estimate of drug-likeness (QED) is 0.597. The Morgan fingerprint density at radius 3 is 2.06 bits per heavy atom. The molecule has 2 atom stereocenters. The third kappa shape index (κ3) is 4.36. The summed E-state index contributed by atoms with van der Waals surface area (Å²) in [7, 11) is -9.24. The van der Waals surface area contributed by atoms with Crippen LogP contribution in [0.4, 0.5) is 0 Å². The summed E-state index contributed by atoms with van der Waals surface area (Å²) in [5, 5.41) is 9.12. The Bertz CT molecular complexity index is 454. The molecule has 0 fully saturated rings. The molecule has 17 heavy (non-hydrogen) atoms. The summed E-state index contributed by atoms with van der Waals surface area (Å²) in [5.41, 5.74) is -1.74. The smallest absolute Gasteiger partial charge is 0.363 e. The largest absolute Gasteiger partial charge is 0.372 e. The van der Waals surface area contributed by atoms with Crippen molar-refractivity contribution in [3.05, 3.63) is 35.9 Å². The predicted octanol–water partition coefficient (Wildman–Crippen LogP) is 0.953. The summed E-state index contributed by atoms with van der Waals surface area (Å²) >= 11 is 0. The molecule has 0 aromatic heterocycles. The third-order valence-electron chi connectivity index (χ3n) is 2.23. The molecule has 0 aliphatic rings. The van der Waals surface area contributed by atoms with Crippen LogP contribution in [0.15, 0.2) is 30.3 Å². The summed E-state index contributed by atoms with van der Waals surface area (Å²) in [5.74, 6) is 0. The second kappa shape index (κ2) is 5.44. The molecule has 6 nitrogen and oxygen atoms in total. The molecule has 96 valence electrons. The van der Waals surface area contributed by atoms with E-state index in [1.54, 1.807) is 30.3 Å². The van der Waals surface area contributed by atoms with Gasteiger partial charge in [-0.2, -0.15) is 0 Å². The lowest BCUT2D eigenvalue weighted by Crippen LogP contribution is -2.11. The van der Waals surface area contributed by atoms with E-state index in [-0.39, 0.29) is 12.6 Å². The van der Waals surface area contributed by atoms with Crippen LogP contribution < -0.4 is 0 Å². The zero-order chi connectivity index (χ0) is 13.1. The fourth-order valence-corrected chi connectivity index (χ4v) is 4.32. The van der Waals surface area contributed by atoms with Gasteiger partial charge in [0, 0.05) is 6.16 Å². The maximum Gasteiger partial charge on any atom is 0.363 e. The Kier molecular flexibility index (Phi) is 4.67. The van der Waals surface area contributed by atoms with Crippen molar-refractivity contribution in [3.8, 4) is 0 Å². The molecule has 0 radical (unpaired) electrons. The predicted molar refractivity (Wildman–Crippen MR) is 62.9 cm³/mol. The van der Waals surface area contributed by atoms with E-state index in [0.29, 0.717) is 0 Å². The standard InChI is InChI=1S/C9H14O6P2/c10-9(17(13,14)15)16(11,12)7-6-8-4-2-1-3-5-8/h1-5,9-10H,6-7H2,(H,11,12)(H2,13,14,15). The number of aliphatic hydroxyl groups excluding tert-OH is 1. The van der Waals surface area contributed by atoms with E-state index in [2.05, 4.69) is 0 Å². The van der Waals surface area contributed by atoms with Gasteiger partial charge in [0.1, 0.15) is 0 Å². The Labute approximate surface area is 98.5 Å². The number of rotatable bonds is 5. The van der Waals surface area contributed by atoms with Gasteiger partial charge in [0.05, 0.1) is 0 Å². The Balaban J connectivity index is 2.69. The first kappa shape index (κ1) is 14.6. The van der Waals surface area contributed by atoms with Crippen LogP contribution in [-0.2, 0) is 15.6 Å². The van der Waals surface area contributed by atoms with Gasteiger partial charge in [-0.1, -0.05) is 30.3 Å². The van der Waals surface area contributed by atoms with E-state index < -0.39 is 20.6 Å². The SMILES string of the molecule is O=P(O)(O)C(O)P(=O)(O)CCc1ccccc1. The molecule has 0 bridgehead atoms. The number of hydrogen-bond acceptors (Lipinski definition) is 3. The van der Waals surface area contributed by atoms with Crippen molar-refractivity contribution >= 4 is 15.0 Å². The summed E-state index contributed by atoms with van der Waals surface area (Å²) in [4.78, 5) is 26.7. The van der Waals surface area contributed by atoms with Crippen molar-refractivity contribution < 1.29 is 28.9 Å². The fourth-order valence-electron chi connectivity index (χ4n) is 1.28. The highest BCUT2D eigenvalue weighted by atomic mass is 31.2. The molecule has 0 spiro atoms. The van der Waals surface area contributed by atoms with Crippen LogP contribution >= 0.6 is 15.0 Å². The van der Waals surface area contributed by atoms with Crippen LogP contribution in [0.1, 0.15) is 5.56 Å². The van der Waals surface area contributed by atoms with Gasteiger partial charge in [-0.05, 0) is 12.0 Å². The van der Waals surface area contributed by atoms with Crippen molar-refractivity contribution in [2.45, 2.75) is 12.0 Å². The molecule has 1 rings (SSSR count). The minimum absolute atomic E-state index is 0.172. The molecule has 1 aromatic carbocycles. The zero-order valence-electron chi connectivity index (χ0n) is 8.88. The summed E-state index contributed by atoms with van der Waals surface area (Å²) < 4.78 is 22.2. The van der Waals surface area contributed by atoms with E-state index in [1.807, 2.05) is 0 Å². The van der Waals surface area contributed by atoms with Crippen molar-refractivity contribution in [2.75, 3.05) is 6.16 Å². The van der Waals surface area contributed by atoms with Gasteiger partial charge in [0.15, 0.2) is 0 Å². The molecule has 0 amide bonds. The highest BCUT2D eigenvalue weighted by Crippen LogP contribution is 2.60. The second-order valence-electron chi connectivity index (χ2n) is 3.65. The molecule has 0 saturated carbocycles. The van der Waals surface area contributed by atoms with Crippen molar-refractivity contribution in [1.29, 1.82) is 0 Å². The van der Waals surface area contributed by atoms with E-state index in [4.69, 9.17) is 14.9 Å². The number of hydrogen-bond donors (Lipinski definition) is 4. The average Bonchev–Trinajstić information content (AvgIpc) is 2.26. The van der Waals surface area contributed by atoms with Crippen LogP contribution in [0.5, 0.6) is 0 Å². The minimum Gasteiger partial charge on any atom is -0.372 e. The summed E-state index contributed by atoms with van der Waals surface area (Å²) in [6.45, 7) is 0. The lowest BCUT2D eigenvalue weighted by molar-refractivity contribution is 0.242. The highest BCUT2D eigenvalue weighted by Gasteiger charge is 2.41. The number of benzene rings is 1. The number of aliphatic hydroxyl groups is 1. The molecule has 4 N–H and O–H groups in total. The lowest BCUT2D eigenvalue weighted by Gasteiger charge is -2.18. The van der Waals surface area contributed by atoms with E-state index >= 15 is 0 Å². The maximum atomic E-state index is 11.5. The zero-order valence-corrected chi connectivity index (χ0v) is 10.7. The van der Waals surface area contributed by atoms with E-state index in [1.165, 1.54) is 0 Å². The number of aryl methyl sites for hydroxylation is 1. The fraction of sp³-hybridized carbons (Fsp3) is 0.333. The van der Waals surface area contributed by atoms with Crippen LogP contribution in [0.2, 0.25) is 0 Å². The average molecular weight is 280 g/mol. The van der Waals surface area contributed by atoms with Gasteiger partial charge in [0.2, 0.25) is 13.0 Å². The van der Waals surface area contributed by atoms with Gasteiger partial charge < -0.3 is 19.8 Å². The normalized spacial score (nSPS) is 17.4. The molecule has 0 saturated heterocycles. The Morgan fingerprint density at radius 1 is 1.06 bits per heavy atom. The second-order valence-corrected chi connectivity index (χ2v) is 8.17. The maximum absolute atomic E-state index is 11.5. The molecule has 8 heteroatoms. The van der Waals surface area contributed by atoms with Gasteiger partial charge in [-0.15, -0.1) is 0 Å². The van der Waals surface area contributed by atoms with Crippen molar-refractivity contribution in [2.24, 2.45) is 0 Å². The third-order valence-corrected chi connectivity index (χ3v) is 6.40. The lowest BCUT2D eigenvalue weighted by atomic mass is 10.2. The molecule has 0 aliphatic heterocycles. The minimum atomic E-state index is -4.96. The molecule has 0 heterocycles. The molecule has 2 unspecified atom stereocenters. The van der Waals surface area contributed by atoms with Crippen molar-refractivity contribution in [1.82, 2.24) is 0 Å². The van der Waals surface area contributed by atoms with E-state index in [0.717, 1.165) is 5.56 Å². The first-order valence-corrected chi connectivity index (χ1v) is 8.42. The molecule has 0 aliphatic carbocycles. The molecular weight excluding hydrogens is 266 g/mol. The van der Waals surface area contributed by atoms with Gasteiger partial charge in [-0.3, -0.25) is 9.13 Å². The summed E-state index contributed by atoms with van der Waals surface area (Å²) in [6, 6.07) is 8.73. The first-order valence-electron chi connectivity index (χ1n) is 4.82. The highest BCUT2D eigenvalue weighted by molar-refractivity contribution is 7.73. The van der Waals surface area contributed by atoms with Crippen molar-refractivity contribution in [3.63, 3.8) is 0 Å². The van der Waals surface area contributed by atoms with Crippen LogP contribution in [0.3, 0.4) is 0 Å². The van der Waals surface area contributed by atoms with Crippen LogP contribution in [-0.4, -0.2) is 31.5 Å². The molecule has 1 aromatic rings.